The highest BCUT2D eigenvalue weighted by molar-refractivity contribution is 7.89. The number of ether oxygens (including phenoxy) is 1. The maximum Gasteiger partial charge on any atom is 0.256 e. The Balaban J connectivity index is 1.75. The number of hydrogen-bond donors (Lipinski definition) is 1. The van der Waals surface area contributed by atoms with Gasteiger partial charge in [0.15, 0.2) is 0 Å². The Kier molecular flexibility index (Phi) is 8.15. The molecule has 1 N–H and O–H groups in total. The van der Waals surface area contributed by atoms with E-state index < -0.39 is 45.6 Å². The van der Waals surface area contributed by atoms with Crippen LogP contribution in [0.5, 0.6) is 5.75 Å². The fraction of sp³-hybridized carbons (Fsp3) is 0.321. The summed E-state index contributed by atoms with van der Waals surface area (Å²) in [6, 6.07) is 15.4. The third kappa shape index (κ3) is 5.57. The zero-order valence-electron chi connectivity index (χ0n) is 21.3. The maximum absolute atomic E-state index is 14.3. The van der Waals surface area contributed by atoms with E-state index in [-0.39, 0.29) is 35.9 Å². The molecule has 3 atom stereocenters. The van der Waals surface area contributed by atoms with Gasteiger partial charge in [-0.25, -0.2) is 17.2 Å². The van der Waals surface area contributed by atoms with Crippen molar-refractivity contribution in [3.8, 4) is 16.9 Å². The Morgan fingerprint density at radius 3 is 2.42 bits per heavy atom. The monoisotopic (exact) mass is 544 g/mol. The Bertz CT molecular complexity index is 1410. The zero-order chi connectivity index (χ0) is 27.6. The summed E-state index contributed by atoms with van der Waals surface area (Å²) in [5.74, 6) is -1.90. The van der Waals surface area contributed by atoms with Crippen LogP contribution in [0.25, 0.3) is 11.1 Å². The molecule has 7 nitrogen and oxygen atoms in total. The number of sulfonamides is 1. The minimum absolute atomic E-state index is 0.0373. The number of halogens is 2. The van der Waals surface area contributed by atoms with E-state index >= 15 is 0 Å². The smallest absolute Gasteiger partial charge is 0.256 e. The average Bonchev–Trinajstić information content (AvgIpc) is 2.90. The van der Waals surface area contributed by atoms with Gasteiger partial charge in [-0.1, -0.05) is 37.3 Å². The number of carbonyl (C=O) groups excluding carboxylic acids is 1. The summed E-state index contributed by atoms with van der Waals surface area (Å²) in [6.07, 6.45) is -0.665. The number of likely N-dealkylation sites (N-methyl/N-ethyl adjacent to an activating group) is 1. The molecule has 0 fully saturated rings. The summed E-state index contributed by atoms with van der Waals surface area (Å²) in [5, 5.41) is 9.81. The molecule has 3 aromatic rings. The van der Waals surface area contributed by atoms with Gasteiger partial charge in [-0.15, -0.1) is 0 Å². The number of carbonyl (C=O) groups is 1. The van der Waals surface area contributed by atoms with E-state index in [4.69, 9.17) is 4.74 Å². The molecule has 202 valence electrons. The van der Waals surface area contributed by atoms with E-state index in [0.717, 1.165) is 0 Å². The van der Waals surface area contributed by atoms with Crippen molar-refractivity contribution in [2.24, 2.45) is 5.92 Å². The van der Waals surface area contributed by atoms with Crippen LogP contribution >= 0.6 is 0 Å². The normalized spacial score (nSPS) is 19.9. The van der Waals surface area contributed by atoms with E-state index in [1.54, 1.807) is 44.2 Å². The molecule has 1 aliphatic heterocycles. The number of amides is 1. The minimum Gasteiger partial charge on any atom is -0.487 e. The summed E-state index contributed by atoms with van der Waals surface area (Å²) in [5.41, 5.74) is 1.20. The highest BCUT2D eigenvalue weighted by Crippen LogP contribution is 2.36. The van der Waals surface area contributed by atoms with Gasteiger partial charge in [0.25, 0.3) is 5.91 Å². The molecule has 1 heterocycles. The first-order valence-electron chi connectivity index (χ1n) is 12.2. The lowest BCUT2D eigenvalue weighted by Gasteiger charge is -2.37. The van der Waals surface area contributed by atoms with Crippen molar-refractivity contribution in [2.45, 2.75) is 30.9 Å². The fourth-order valence-electron chi connectivity index (χ4n) is 4.46. The van der Waals surface area contributed by atoms with Crippen molar-refractivity contribution in [2.75, 3.05) is 26.7 Å². The number of benzene rings is 3. The SMILES string of the molecule is C[C@H]1CN([C@@H](C)CO)S(=O)(=O)c2ccc(-c3ccc(F)cc3)cc2O[C@H]1CN(C)C(=O)c1ccccc1F. The Morgan fingerprint density at radius 1 is 1.11 bits per heavy atom. The first-order chi connectivity index (χ1) is 18.0. The van der Waals surface area contributed by atoms with Gasteiger partial charge in [-0.3, -0.25) is 4.79 Å². The second kappa shape index (κ2) is 11.2. The van der Waals surface area contributed by atoms with Gasteiger partial charge in [0.2, 0.25) is 10.0 Å². The number of rotatable bonds is 6. The summed E-state index contributed by atoms with van der Waals surface area (Å²) >= 11 is 0. The molecule has 38 heavy (non-hydrogen) atoms. The lowest BCUT2D eigenvalue weighted by Crippen LogP contribution is -2.50. The minimum atomic E-state index is -4.05. The fourth-order valence-corrected chi connectivity index (χ4v) is 6.28. The van der Waals surface area contributed by atoms with Gasteiger partial charge >= 0.3 is 0 Å². The molecule has 3 aromatic carbocycles. The molecule has 10 heteroatoms. The number of fused-ring (bicyclic) bond motifs is 1. The molecule has 4 rings (SSSR count). The molecule has 0 saturated carbocycles. The molecule has 1 amide bonds. The van der Waals surface area contributed by atoms with Gasteiger partial charge in [0.05, 0.1) is 18.7 Å². The van der Waals surface area contributed by atoms with Crippen molar-refractivity contribution in [3.05, 3.63) is 83.9 Å². The van der Waals surface area contributed by atoms with Gasteiger partial charge in [0, 0.05) is 25.6 Å². The second-order valence-electron chi connectivity index (χ2n) is 9.57. The molecule has 0 spiro atoms. The Hall–Kier alpha value is -3.34. The summed E-state index contributed by atoms with van der Waals surface area (Å²) in [7, 11) is -2.52. The van der Waals surface area contributed by atoms with Crippen LogP contribution in [-0.2, 0) is 10.0 Å². The number of aliphatic hydroxyl groups excluding tert-OH is 1. The summed E-state index contributed by atoms with van der Waals surface area (Å²) in [6.45, 7) is 3.12. The van der Waals surface area contributed by atoms with Gasteiger partial charge in [0.1, 0.15) is 28.4 Å². The summed E-state index contributed by atoms with van der Waals surface area (Å²) < 4.78 is 62.6. The van der Waals surface area contributed by atoms with Crippen LogP contribution in [0.2, 0.25) is 0 Å². The van der Waals surface area contributed by atoms with E-state index in [2.05, 4.69) is 0 Å². The molecule has 0 radical (unpaired) electrons. The topological polar surface area (TPSA) is 87.2 Å². The van der Waals surface area contributed by atoms with Crippen LogP contribution in [-0.4, -0.2) is 67.5 Å². The molecule has 0 aliphatic carbocycles. The molecule has 0 bridgehead atoms. The lowest BCUT2D eigenvalue weighted by atomic mass is 10.0. The van der Waals surface area contributed by atoms with Crippen molar-refractivity contribution in [3.63, 3.8) is 0 Å². The van der Waals surface area contributed by atoms with E-state index in [0.29, 0.717) is 11.1 Å². The third-order valence-electron chi connectivity index (χ3n) is 6.75. The van der Waals surface area contributed by atoms with Crippen molar-refractivity contribution >= 4 is 15.9 Å². The molecule has 0 saturated heterocycles. The number of aliphatic hydroxyl groups is 1. The maximum atomic E-state index is 14.3. The molecular weight excluding hydrogens is 514 g/mol. The highest BCUT2D eigenvalue weighted by atomic mass is 32.2. The van der Waals surface area contributed by atoms with Crippen LogP contribution in [0.15, 0.2) is 71.6 Å². The molecular formula is C28H30F2N2O5S. The lowest BCUT2D eigenvalue weighted by molar-refractivity contribution is 0.0560. The quantitative estimate of drug-likeness (QED) is 0.503. The van der Waals surface area contributed by atoms with Crippen molar-refractivity contribution < 1.29 is 31.8 Å². The number of nitrogens with zero attached hydrogens (tertiary/aromatic N) is 2. The first kappa shape index (κ1) is 27.7. The predicted molar refractivity (Wildman–Crippen MR) is 139 cm³/mol. The largest absolute Gasteiger partial charge is 0.487 e. The van der Waals surface area contributed by atoms with E-state index in [9.17, 15) is 27.1 Å². The van der Waals surface area contributed by atoms with Gasteiger partial charge in [-0.2, -0.15) is 4.31 Å². The highest BCUT2D eigenvalue weighted by Gasteiger charge is 2.38. The predicted octanol–water partition coefficient (Wildman–Crippen LogP) is 4.17. The molecule has 1 aliphatic rings. The van der Waals surface area contributed by atoms with Gasteiger partial charge < -0.3 is 14.7 Å². The summed E-state index contributed by atoms with van der Waals surface area (Å²) in [4.78, 5) is 14.3. The Labute approximate surface area is 221 Å². The second-order valence-corrected chi connectivity index (χ2v) is 11.4. The number of hydrogen-bond acceptors (Lipinski definition) is 5. The molecule has 0 aromatic heterocycles. The van der Waals surface area contributed by atoms with Crippen molar-refractivity contribution in [1.82, 2.24) is 9.21 Å². The molecule has 0 unspecified atom stereocenters. The standard InChI is InChI=1S/C28H30F2N2O5S/c1-18-15-32(19(2)17-33)38(35,36)27-13-10-21(20-8-11-22(29)12-9-20)14-25(27)37-26(18)16-31(3)28(34)23-6-4-5-7-24(23)30/h4-14,18-19,26,33H,15-17H2,1-3H3/t18-,19-,26-/m0/s1. The van der Waals surface area contributed by atoms with Crippen molar-refractivity contribution in [1.29, 1.82) is 0 Å². The zero-order valence-corrected chi connectivity index (χ0v) is 22.2. The van der Waals surface area contributed by atoms with Crippen LogP contribution < -0.4 is 4.74 Å². The van der Waals surface area contributed by atoms with Crippen LogP contribution in [0.1, 0.15) is 24.2 Å². The average molecular weight is 545 g/mol. The van der Waals surface area contributed by atoms with Crippen LogP contribution in [0, 0.1) is 17.6 Å². The third-order valence-corrected chi connectivity index (χ3v) is 8.77. The van der Waals surface area contributed by atoms with Crippen LogP contribution in [0.3, 0.4) is 0 Å². The van der Waals surface area contributed by atoms with Crippen LogP contribution in [0.4, 0.5) is 8.78 Å². The van der Waals surface area contributed by atoms with Gasteiger partial charge in [-0.05, 0) is 54.4 Å². The van der Waals surface area contributed by atoms with E-state index in [1.165, 1.54) is 52.7 Å². The van der Waals surface area contributed by atoms with E-state index in [1.807, 2.05) is 0 Å². The first-order valence-corrected chi connectivity index (χ1v) is 13.7. The Morgan fingerprint density at radius 2 is 1.76 bits per heavy atom.